The van der Waals surface area contributed by atoms with Crippen molar-refractivity contribution in [3.63, 3.8) is 0 Å². The van der Waals surface area contributed by atoms with Crippen molar-refractivity contribution in [1.82, 2.24) is 20.0 Å². The number of nitrogens with zero attached hydrogens (tertiary/aromatic N) is 4. The van der Waals surface area contributed by atoms with Gasteiger partial charge in [0.05, 0.1) is 4.90 Å². The van der Waals surface area contributed by atoms with E-state index in [1.165, 1.54) is 53.3 Å². The first kappa shape index (κ1) is 24.0. The number of hydrogen-bond acceptors (Lipinski definition) is 7. The van der Waals surface area contributed by atoms with Gasteiger partial charge in [0.2, 0.25) is 0 Å². The minimum Gasteiger partial charge on any atom is -0.468 e. The summed E-state index contributed by atoms with van der Waals surface area (Å²) in [4.78, 5) is 12.4. The fraction of sp³-hybridized carbons (Fsp3) is 0.0476. The van der Waals surface area contributed by atoms with E-state index in [1.54, 1.807) is 0 Å². The molecule has 14 heteroatoms. The molecule has 0 atom stereocenters. The number of aromatic nitrogens is 4. The zero-order valence-corrected chi connectivity index (χ0v) is 19.1. The molecule has 2 aromatic carbocycles. The molecule has 180 valence electrons. The van der Waals surface area contributed by atoms with Crippen LogP contribution in [0.4, 0.5) is 20.3 Å². The van der Waals surface area contributed by atoms with Gasteiger partial charge >= 0.3 is 0 Å². The number of hydrogen-bond donors (Lipinski definition) is 2. The fourth-order valence-electron chi connectivity index (χ4n) is 2.76. The summed E-state index contributed by atoms with van der Waals surface area (Å²) in [6, 6.07) is 12.4. The summed E-state index contributed by atoms with van der Waals surface area (Å²) in [6.07, 6.45) is 1.44. The summed E-state index contributed by atoms with van der Waals surface area (Å²) in [5.41, 5.74) is 0.354. The van der Waals surface area contributed by atoms with Crippen molar-refractivity contribution in [3.05, 3.63) is 89.3 Å². The third kappa shape index (κ3) is 6.07. The van der Waals surface area contributed by atoms with E-state index in [9.17, 15) is 22.0 Å². The number of rotatable bonds is 8. The number of nitrogens with one attached hydrogen (secondary N) is 2. The van der Waals surface area contributed by atoms with Gasteiger partial charge in [0, 0.05) is 18.0 Å². The highest BCUT2D eigenvalue weighted by Crippen LogP contribution is 2.19. The number of benzene rings is 2. The van der Waals surface area contributed by atoms with E-state index in [0.717, 1.165) is 12.1 Å². The molecule has 0 aliphatic carbocycles. The lowest BCUT2D eigenvalue weighted by Gasteiger charge is -2.08. The van der Waals surface area contributed by atoms with Gasteiger partial charge in [0.25, 0.3) is 15.9 Å². The van der Waals surface area contributed by atoms with Crippen LogP contribution in [0.15, 0.2) is 71.8 Å². The number of amides is 1. The van der Waals surface area contributed by atoms with Crippen molar-refractivity contribution < 1.29 is 26.7 Å². The minimum absolute atomic E-state index is 0.00601. The Morgan fingerprint density at radius 3 is 2.49 bits per heavy atom. The average molecular weight is 521 g/mol. The Morgan fingerprint density at radius 2 is 1.80 bits per heavy atom. The van der Waals surface area contributed by atoms with Crippen LogP contribution in [0, 0.1) is 11.6 Å². The Morgan fingerprint density at radius 1 is 1.03 bits per heavy atom. The smallest absolute Gasteiger partial charge is 0.276 e. The van der Waals surface area contributed by atoms with Crippen LogP contribution in [0.3, 0.4) is 0 Å². The Hall–Kier alpha value is -4.10. The summed E-state index contributed by atoms with van der Waals surface area (Å²) in [5.74, 6) is -2.33. The van der Waals surface area contributed by atoms with Gasteiger partial charge in [-0.25, -0.2) is 21.9 Å². The van der Waals surface area contributed by atoms with Gasteiger partial charge < -0.3 is 10.1 Å². The first-order valence-electron chi connectivity index (χ1n) is 9.74. The predicted molar refractivity (Wildman–Crippen MR) is 121 cm³/mol. The molecule has 0 aliphatic rings. The predicted octanol–water partition coefficient (Wildman–Crippen LogP) is 3.69. The molecule has 0 bridgehead atoms. The summed E-state index contributed by atoms with van der Waals surface area (Å²) in [6.45, 7) is -0.215. The number of anilines is 2. The van der Waals surface area contributed by atoms with E-state index in [-0.39, 0.29) is 34.0 Å². The Bertz CT molecular complexity index is 1460. The first-order chi connectivity index (χ1) is 16.7. The summed E-state index contributed by atoms with van der Waals surface area (Å²) in [5, 5.41) is 13.9. The van der Waals surface area contributed by atoms with Gasteiger partial charge in [-0.1, -0.05) is 11.6 Å². The van der Waals surface area contributed by atoms with Crippen LogP contribution in [0.2, 0.25) is 5.15 Å². The van der Waals surface area contributed by atoms with Gasteiger partial charge in [-0.05, 0) is 54.6 Å². The lowest BCUT2D eigenvalue weighted by molar-refractivity contribution is 0.102. The molecule has 0 fully saturated rings. The standard InChI is InChI=1S/C21H15ClF2N6O4S/c22-19-7-8-20(27-26-19)29-35(32,33)15-4-2-14(3-5-15)25-21(31)17-9-10-30(28-17)12-34-18-6-1-13(23)11-16(18)24/h1-11H,12H2,(H,25,31)(H,27,29). The molecule has 0 unspecified atom stereocenters. The van der Waals surface area contributed by atoms with E-state index in [4.69, 9.17) is 16.3 Å². The zero-order chi connectivity index (χ0) is 25.0. The number of ether oxygens (including phenoxy) is 1. The van der Waals surface area contributed by atoms with Crippen LogP contribution in [0.1, 0.15) is 10.5 Å². The van der Waals surface area contributed by atoms with E-state index in [1.807, 2.05) is 0 Å². The maximum absolute atomic E-state index is 13.6. The molecular weight excluding hydrogens is 506 g/mol. The maximum Gasteiger partial charge on any atom is 0.276 e. The molecule has 0 saturated heterocycles. The number of carbonyl (C=O) groups is 1. The number of sulfonamides is 1. The number of halogens is 3. The van der Waals surface area contributed by atoms with Gasteiger partial charge in [-0.3, -0.25) is 9.52 Å². The number of carbonyl (C=O) groups excluding carboxylic acids is 1. The molecule has 10 nitrogen and oxygen atoms in total. The third-order valence-corrected chi connectivity index (χ3v) is 5.99. The highest BCUT2D eigenvalue weighted by molar-refractivity contribution is 7.92. The monoisotopic (exact) mass is 520 g/mol. The molecule has 0 saturated carbocycles. The van der Waals surface area contributed by atoms with Crippen molar-refractivity contribution in [1.29, 1.82) is 0 Å². The Balaban J connectivity index is 1.36. The van der Waals surface area contributed by atoms with Crippen LogP contribution in [0.5, 0.6) is 5.75 Å². The highest BCUT2D eigenvalue weighted by atomic mass is 35.5. The fourth-order valence-corrected chi connectivity index (χ4v) is 3.86. The molecule has 2 heterocycles. The molecule has 2 N–H and O–H groups in total. The van der Waals surface area contributed by atoms with Crippen LogP contribution in [-0.2, 0) is 16.8 Å². The second-order valence-electron chi connectivity index (χ2n) is 6.91. The molecule has 2 aromatic heterocycles. The van der Waals surface area contributed by atoms with Crippen molar-refractivity contribution in [2.24, 2.45) is 0 Å². The van der Waals surface area contributed by atoms with E-state index in [2.05, 4.69) is 25.3 Å². The van der Waals surface area contributed by atoms with Crippen molar-refractivity contribution in [3.8, 4) is 5.75 Å². The normalized spacial score (nSPS) is 11.2. The SMILES string of the molecule is O=C(Nc1ccc(S(=O)(=O)Nc2ccc(Cl)nn2)cc1)c1ccn(COc2ccc(F)cc2F)n1. The second-order valence-corrected chi connectivity index (χ2v) is 8.98. The van der Waals surface area contributed by atoms with E-state index < -0.39 is 27.6 Å². The average Bonchev–Trinajstić information content (AvgIpc) is 3.30. The van der Waals surface area contributed by atoms with Crippen molar-refractivity contribution in [2.45, 2.75) is 11.6 Å². The van der Waals surface area contributed by atoms with Crippen LogP contribution in [-0.4, -0.2) is 34.3 Å². The summed E-state index contributed by atoms with van der Waals surface area (Å²) >= 11 is 5.63. The van der Waals surface area contributed by atoms with E-state index >= 15 is 0 Å². The van der Waals surface area contributed by atoms with Crippen molar-refractivity contribution >= 4 is 39.0 Å². The quantitative estimate of drug-likeness (QED) is 0.362. The molecule has 0 aliphatic heterocycles. The molecule has 1 amide bonds. The maximum atomic E-state index is 13.6. The van der Waals surface area contributed by atoms with Gasteiger partial charge in [-0.2, -0.15) is 5.10 Å². The van der Waals surface area contributed by atoms with Crippen molar-refractivity contribution in [2.75, 3.05) is 10.0 Å². The van der Waals surface area contributed by atoms with Gasteiger partial charge in [0.1, 0.15) is 5.82 Å². The first-order valence-corrected chi connectivity index (χ1v) is 11.6. The van der Waals surface area contributed by atoms with Gasteiger partial charge in [-0.15, -0.1) is 10.2 Å². The third-order valence-electron chi connectivity index (χ3n) is 4.41. The largest absolute Gasteiger partial charge is 0.468 e. The molecule has 35 heavy (non-hydrogen) atoms. The molecule has 4 aromatic rings. The second kappa shape index (κ2) is 10.0. The molecule has 0 spiro atoms. The molecule has 0 radical (unpaired) electrons. The van der Waals surface area contributed by atoms with Crippen LogP contribution in [0.25, 0.3) is 0 Å². The Labute approximate surface area is 202 Å². The zero-order valence-electron chi connectivity index (χ0n) is 17.5. The minimum atomic E-state index is -3.94. The van der Waals surface area contributed by atoms with E-state index in [0.29, 0.717) is 11.8 Å². The van der Waals surface area contributed by atoms with Crippen LogP contribution < -0.4 is 14.8 Å². The Kier molecular flexibility index (Phi) is 6.89. The summed E-state index contributed by atoms with van der Waals surface area (Å²) < 4.78 is 60.3. The van der Waals surface area contributed by atoms with Crippen LogP contribution >= 0.6 is 11.6 Å². The molecule has 4 rings (SSSR count). The lowest BCUT2D eigenvalue weighted by Crippen LogP contribution is -2.16. The lowest BCUT2D eigenvalue weighted by atomic mass is 10.3. The highest BCUT2D eigenvalue weighted by Gasteiger charge is 2.16. The van der Waals surface area contributed by atoms with Gasteiger partial charge in [0.15, 0.2) is 35.0 Å². The topological polar surface area (TPSA) is 128 Å². The molecular formula is C21H15ClF2N6O4S. The summed E-state index contributed by atoms with van der Waals surface area (Å²) in [7, 11) is -3.94.